The minimum Gasteiger partial charge on any atom is -0.349 e. The van der Waals surface area contributed by atoms with E-state index in [9.17, 15) is 0 Å². The quantitative estimate of drug-likeness (QED) is 0.629. The second-order valence-electron chi connectivity index (χ2n) is 7.16. The third-order valence-corrected chi connectivity index (χ3v) is 4.68. The number of ether oxygens (including phenoxy) is 2. The van der Waals surface area contributed by atoms with E-state index in [0.29, 0.717) is 0 Å². The fourth-order valence-corrected chi connectivity index (χ4v) is 3.87. The van der Waals surface area contributed by atoms with Gasteiger partial charge in [0.1, 0.15) is 0 Å². The van der Waals surface area contributed by atoms with Gasteiger partial charge in [-0.25, -0.2) is 0 Å². The topological polar surface area (TPSA) is 18.5 Å². The van der Waals surface area contributed by atoms with Crippen molar-refractivity contribution in [1.29, 1.82) is 0 Å². The smallest absolute Gasteiger partial charge is 0.168 e. The van der Waals surface area contributed by atoms with Gasteiger partial charge in [0.15, 0.2) is 5.79 Å². The van der Waals surface area contributed by atoms with Crippen LogP contribution in [0, 0.1) is 23.2 Å². The van der Waals surface area contributed by atoms with Crippen molar-refractivity contribution in [2.75, 3.05) is 13.2 Å². The molecule has 3 aliphatic rings. The zero-order valence-electron chi connectivity index (χ0n) is 10.8. The molecular weight excluding hydrogens is 200 g/mol. The van der Waals surface area contributed by atoms with Crippen molar-refractivity contribution in [3.63, 3.8) is 0 Å². The molecule has 2 heteroatoms. The largest absolute Gasteiger partial charge is 0.349 e. The van der Waals surface area contributed by atoms with Crippen LogP contribution >= 0.6 is 0 Å². The lowest BCUT2D eigenvalue weighted by Crippen LogP contribution is -2.46. The van der Waals surface area contributed by atoms with E-state index in [2.05, 4.69) is 20.8 Å². The lowest BCUT2D eigenvalue weighted by molar-refractivity contribution is -0.297. The molecule has 92 valence electrons. The average molecular weight is 224 g/mol. The van der Waals surface area contributed by atoms with Crippen LogP contribution in [0.1, 0.15) is 46.5 Å². The Bertz CT molecular complexity index is 258. The SMILES string of the molecule is CC1C[C@@H]2CC3(C[C@@H]2C1)OCC(C)(C)CO3. The fraction of sp³-hybridized carbons (Fsp3) is 1.00. The van der Waals surface area contributed by atoms with Gasteiger partial charge in [0.25, 0.3) is 0 Å². The Kier molecular flexibility index (Phi) is 2.38. The first kappa shape index (κ1) is 11.0. The van der Waals surface area contributed by atoms with Crippen molar-refractivity contribution in [2.24, 2.45) is 23.2 Å². The molecule has 1 heterocycles. The molecule has 1 unspecified atom stereocenters. The summed E-state index contributed by atoms with van der Waals surface area (Å²) in [6.45, 7) is 8.55. The molecule has 1 aliphatic heterocycles. The third-order valence-electron chi connectivity index (χ3n) is 4.68. The second-order valence-corrected chi connectivity index (χ2v) is 7.16. The molecule has 0 amide bonds. The van der Waals surface area contributed by atoms with Gasteiger partial charge in [-0.1, -0.05) is 20.8 Å². The molecule has 3 fully saturated rings. The van der Waals surface area contributed by atoms with E-state index < -0.39 is 0 Å². The molecule has 0 aromatic carbocycles. The van der Waals surface area contributed by atoms with Gasteiger partial charge in [0.05, 0.1) is 13.2 Å². The summed E-state index contributed by atoms with van der Waals surface area (Å²) in [5, 5.41) is 0. The van der Waals surface area contributed by atoms with E-state index in [0.717, 1.165) is 43.8 Å². The van der Waals surface area contributed by atoms with Crippen molar-refractivity contribution in [3.05, 3.63) is 0 Å². The molecule has 2 aliphatic carbocycles. The van der Waals surface area contributed by atoms with Gasteiger partial charge in [0, 0.05) is 18.3 Å². The van der Waals surface area contributed by atoms with E-state index in [1.807, 2.05) is 0 Å². The Balaban J connectivity index is 1.66. The predicted molar refractivity (Wildman–Crippen MR) is 63.0 cm³/mol. The summed E-state index contributed by atoms with van der Waals surface area (Å²) < 4.78 is 12.2. The third kappa shape index (κ3) is 1.80. The zero-order valence-corrected chi connectivity index (χ0v) is 10.8. The molecule has 0 aromatic rings. The Hall–Kier alpha value is -0.0800. The van der Waals surface area contributed by atoms with Crippen LogP contribution in [0.2, 0.25) is 0 Å². The van der Waals surface area contributed by atoms with Crippen molar-refractivity contribution in [2.45, 2.75) is 52.2 Å². The van der Waals surface area contributed by atoms with Crippen LogP contribution in [-0.2, 0) is 9.47 Å². The predicted octanol–water partition coefficient (Wildman–Crippen LogP) is 3.21. The molecule has 2 nitrogen and oxygen atoms in total. The Morgan fingerprint density at radius 3 is 1.94 bits per heavy atom. The maximum atomic E-state index is 6.09. The molecule has 16 heavy (non-hydrogen) atoms. The lowest BCUT2D eigenvalue weighted by Gasteiger charge is -2.42. The first-order valence-electron chi connectivity index (χ1n) is 6.76. The van der Waals surface area contributed by atoms with Gasteiger partial charge in [-0.05, 0) is 30.6 Å². The second kappa shape index (κ2) is 3.46. The number of rotatable bonds is 0. The van der Waals surface area contributed by atoms with Crippen LogP contribution in [0.5, 0.6) is 0 Å². The molecule has 3 atom stereocenters. The van der Waals surface area contributed by atoms with E-state index in [1.165, 1.54) is 12.8 Å². The Morgan fingerprint density at radius 1 is 0.938 bits per heavy atom. The number of fused-ring (bicyclic) bond motifs is 1. The summed E-state index contributed by atoms with van der Waals surface area (Å²) in [6.07, 6.45) is 5.08. The van der Waals surface area contributed by atoms with Gasteiger partial charge in [0.2, 0.25) is 0 Å². The molecule has 3 rings (SSSR count). The van der Waals surface area contributed by atoms with E-state index >= 15 is 0 Å². The molecule has 2 saturated carbocycles. The number of hydrogen-bond acceptors (Lipinski definition) is 2. The van der Waals surface area contributed by atoms with Gasteiger partial charge < -0.3 is 9.47 Å². The monoisotopic (exact) mass is 224 g/mol. The summed E-state index contributed by atoms with van der Waals surface area (Å²) in [7, 11) is 0. The summed E-state index contributed by atoms with van der Waals surface area (Å²) in [5.74, 6) is 2.48. The molecule has 0 bridgehead atoms. The molecular formula is C14H24O2. The highest BCUT2D eigenvalue weighted by Crippen LogP contribution is 2.54. The zero-order chi connectivity index (χ0) is 11.4. The average Bonchev–Trinajstić information content (AvgIpc) is 2.66. The van der Waals surface area contributed by atoms with Crippen LogP contribution < -0.4 is 0 Å². The summed E-state index contributed by atoms with van der Waals surface area (Å²) in [4.78, 5) is 0. The van der Waals surface area contributed by atoms with Gasteiger partial charge >= 0.3 is 0 Å². The fourth-order valence-electron chi connectivity index (χ4n) is 3.87. The molecule has 1 saturated heterocycles. The van der Waals surface area contributed by atoms with Crippen molar-refractivity contribution >= 4 is 0 Å². The van der Waals surface area contributed by atoms with Crippen molar-refractivity contribution in [1.82, 2.24) is 0 Å². The highest BCUT2D eigenvalue weighted by molar-refractivity contribution is 4.97. The van der Waals surface area contributed by atoms with Gasteiger partial charge in [-0.15, -0.1) is 0 Å². The maximum absolute atomic E-state index is 6.09. The van der Waals surface area contributed by atoms with Crippen molar-refractivity contribution in [3.8, 4) is 0 Å². The highest BCUT2D eigenvalue weighted by atomic mass is 16.7. The van der Waals surface area contributed by atoms with Crippen LogP contribution in [0.3, 0.4) is 0 Å². The minimum atomic E-state index is -0.189. The van der Waals surface area contributed by atoms with Gasteiger partial charge in [-0.3, -0.25) is 0 Å². The van der Waals surface area contributed by atoms with Crippen LogP contribution in [-0.4, -0.2) is 19.0 Å². The lowest BCUT2D eigenvalue weighted by atomic mass is 9.93. The molecule has 0 N–H and O–H groups in total. The minimum absolute atomic E-state index is 0.189. The van der Waals surface area contributed by atoms with E-state index in [4.69, 9.17) is 9.47 Å². The van der Waals surface area contributed by atoms with E-state index in [1.54, 1.807) is 0 Å². The normalized spacial score (nSPS) is 44.8. The van der Waals surface area contributed by atoms with Gasteiger partial charge in [-0.2, -0.15) is 0 Å². The molecule has 0 radical (unpaired) electrons. The summed E-state index contributed by atoms with van der Waals surface area (Å²) in [5.41, 5.74) is 0.205. The Labute approximate surface area is 98.7 Å². The van der Waals surface area contributed by atoms with Crippen LogP contribution in [0.15, 0.2) is 0 Å². The van der Waals surface area contributed by atoms with Crippen molar-refractivity contribution < 1.29 is 9.47 Å². The Morgan fingerprint density at radius 2 is 1.44 bits per heavy atom. The molecule has 0 aromatic heterocycles. The van der Waals surface area contributed by atoms with E-state index in [-0.39, 0.29) is 11.2 Å². The highest BCUT2D eigenvalue weighted by Gasteiger charge is 2.52. The van der Waals surface area contributed by atoms with Crippen LogP contribution in [0.25, 0.3) is 0 Å². The first-order chi connectivity index (χ1) is 7.48. The number of hydrogen-bond donors (Lipinski definition) is 0. The summed E-state index contributed by atoms with van der Waals surface area (Å²) in [6, 6.07) is 0. The first-order valence-corrected chi connectivity index (χ1v) is 6.76. The summed E-state index contributed by atoms with van der Waals surface area (Å²) >= 11 is 0. The maximum Gasteiger partial charge on any atom is 0.168 e. The molecule has 1 spiro atoms. The van der Waals surface area contributed by atoms with Crippen LogP contribution in [0.4, 0.5) is 0 Å². The standard InChI is InChI=1S/C14H24O2/c1-10-4-11-6-14(7-12(11)5-10)15-8-13(2,3)9-16-14/h10-12H,4-9H2,1-3H3/t10?,11-,12+.